The van der Waals surface area contributed by atoms with Crippen molar-refractivity contribution in [3.63, 3.8) is 0 Å². The summed E-state index contributed by atoms with van der Waals surface area (Å²) in [7, 11) is -4.97. The molecular formula is C25H39FN5O14P. The molecule has 1 unspecified atom stereocenters. The second kappa shape index (κ2) is 15.5. The highest BCUT2D eigenvalue weighted by Crippen LogP contribution is 2.55. The number of alkyl halides is 1. The first-order chi connectivity index (χ1) is 22.5. The molecule has 0 aromatic carbocycles. The minimum absolute atomic E-state index is 0.0256. The van der Waals surface area contributed by atoms with Gasteiger partial charge in [-0.2, -0.15) is 4.98 Å². The van der Waals surface area contributed by atoms with Crippen LogP contribution < -0.4 is 10.9 Å². The van der Waals surface area contributed by atoms with Gasteiger partial charge in [0.25, 0.3) is 5.56 Å². The Morgan fingerprint density at radius 1 is 1.22 bits per heavy atom. The number of aromatic amines is 1. The molecule has 2 aromatic rings. The number of nitrogens with one attached hydrogen (secondary N) is 2. The third-order valence-electron chi connectivity index (χ3n) is 6.28. The van der Waals surface area contributed by atoms with Crippen LogP contribution in [0.4, 0.5) is 19.9 Å². The summed E-state index contributed by atoms with van der Waals surface area (Å²) in [5, 5.41) is 18.8. The number of fused-ring (bicyclic) bond motifs is 1. The number of imidazole rings is 1. The molecule has 0 amide bonds. The highest BCUT2D eigenvalue weighted by molar-refractivity contribution is 7.48. The fourth-order valence-corrected chi connectivity index (χ4v) is 5.33. The first kappa shape index (κ1) is 34.0. The van der Waals surface area contributed by atoms with Crippen LogP contribution in [0, 0.1) is 5.92 Å². The standard InChI is InChI=1S/C25H39FN5O14P/c1-7-27-21-29-18-17(19(33)30-21)28-11-31(18)20-24(6,36)16(8-9-32)25(26,45-20)10-40-46(37,41-12-38-22(34)43-14(2)3)42-13-39-23(35)44-15(4)5/h11,14-16,20,32,36H,7-10,12-13H2,1-6H3,(H2,27,29,30,33)/t16?,20-,24-,25-/m1/s1/i1T,32T. The number of carbonyl (C=O) groups excluding carboxylic acids is 2. The van der Waals surface area contributed by atoms with Gasteiger partial charge in [0.2, 0.25) is 26.8 Å². The van der Waals surface area contributed by atoms with Crippen molar-refractivity contribution >= 4 is 37.2 Å². The fourth-order valence-electron chi connectivity index (χ4n) is 4.40. The number of halogens is 1. The molecule has 4 N–H and O–H groups in total. The average Bonchev–Trinajstić information content (AvgIpc) is 3.49. The van der Waals surface area contributed by atoms with Crippen LogP contribution in [0.3, 0.4) is 0 Å². The van der Waals surface area contributed by atoms with Crippen LogP contribution >= 0.6 is 7.82 Å². The van der Waals surface area contributed by atoms with E-state index < -0.39 is 88.3 Å². The number of phosphoric acid groups is 1. The number of hydrogen-bond donors (Lipinski definition) is 4. The summed E-state index contributed by atoms with van der Waals surface area (Å²) < 4.78 is 85.6. The molecule has 2 aromatic heterocycles. The SMILES string of the molecule is [3H]CCNc1nc2c(ncn2[C@@H]2O[C@](F)(COP(=O)(OCOC(=O)OC(C)C)OCOC(=O)OC(C)C)C(CCO[3H])[C@@]2(C)O)c(=O)[nH]1. The van der Waals surface area contributed by atoms with E-state index in [9.17, 15) is 24.1 Å². The van der Waals surface area contributed by atoms with Crippen LogP contribution in [0.5, 0.6) is 0 Å². The van der Waals surface area contributed by atoms with Crippen molar-refractivity contribution in [3.8, 4) is 0 Å². The topological polar surface area (TPSA) is 241 Å². The lowest BCUT2D eigenvalue weighted by Gasteiger charge is -2.31. The van der Waals surface area contributed by atoms with Gasteiger partial charge in [0.15, 0.2) is 17.4 Å². The number of rotatable bonds is 17. The lowest BCUT2D eigenvalue weighted by atomic mass is 9.83. The number of H-pyrrole nitrogens is 1. The highest BCUT2D eigenvalue weighted by Gasteiger charge is 2.63. The largest absolute Gasteiger partial charge is 0.510 e. The molecule has 3 heterocycles. The summed E-state index contributed by atoms with van der Waals surface area (Å²) in [6.45, 7) is 3.64. The minimum atomic E-state index is -4.97. The molecule has 3 rings (SSSR count). The van der Waals surface area contributed by atoms with Gasteiger partial charge in [-0.1, -0.05) is 0 Å². The number of hydrogen-bond acceptors (Lipinski definition) is 17. The number of anilines is 1. The van der Waals surface area contributed by atoms with Gasteiger partial charge in [-0.15, -0.1) is 0 Å². The smallest absolute Gasteiger partial charge is 0.432 e. The molecule has 0 bridgehead atoms. The third-order valence-corrected chi connectivity index (χ3v) is 7.56. The Bertz CT molecular complexity index is 1460. The van der Waals surface area contributed by atoms with Gasteiger partial charge in [0, 0.05) is 14.5 Å². The Balaban J connectivity index is 1.89. The van der Waals surface area contributed by atoms with Crippen LogP contribution in [0.25, 0.3) is 11.2 Å². The van der Waals surface area contributed by atoms with E-state index in [0.717, 1.165) is 10.9 Å². The summed E-state index contributed by atoms with van der Waals surface area (Å²) in [4.78, 5) is 46.9. The second-order valence-electron chi connectivity index (χ2n) is 10.5. The summed E-state index contributed by atoms with van der Waals surface area (Å²) in [6, 6.07) is 0. The molecule has 0 saturated carbocycles. The predicted molar refractivity (Wildman–Crippen MR) is 153 cm³/mol. The van der Waals surface area contributed by atoms with E-state index in [4.69, 9.17) is 30.6 Å². The van der Waals surface area contributed by atoms with Crippen LogP contribution in [0.1, 0.15) is 55.5 Å². The minimum Gasteiger partial charge on any atom is -0.432 e. The Morgan fingerprint density at radius 3 is 2.41 bits per heavy atom. The average molecular weight is 688 g/mol. The van der Waals surface area contributed by atoms with Gasteiger partial charge in [-0.25, -0.2) is 32.6 Å². The summed E-state index contributed by atoms with van der Waals surface area (Å²) in [6.07, 6.45) is -4.45. The van der Waals surface area contributed by atoms with Crippen molar-refractivity contribution in [1.82, 2.24) is 19.5 Å². The number of aliphatic hydroxyl groups is 2. The van der Waals surface area contributed by atoms with Crippen LogP contribution in [0.2, 0.25) is 0 Å². The van der Waals surface area contributed by atoms with Crippen molar-refractivity contribution in [1.29, 1.82) is 1.43 Å². The van der Waals surface area contributed by atoms with E-state index in [0.29, 0.717) is 0 Å². The second-order valence-corrected chi connectivity index (χ2v) is 12.2. The van der Waals surface area contributed by atoms with E-state index in [1.807, 2.05) is 0 Å². The zero-order valence-corrected chi connectivity index (χ0v) is 26.7. The van der Waals surface area contributed by atoms with E-state index in [2.05, 4.69) is 34.9 Å². The van der Waals surface area contributed by atoms with Crippen molar-refractivity contribution < 1.29 is 67.4 Å². The Kier molecular flexibility index (Phi) is 11.4. The van der Waals surface area contributed by atoms with Gasteiger partial charge in [-0.05, 0) is 47.9 Å². The molecular weight excluding hydrogens is 644 g/mol. The molecule has 19 nitrogen and oxygen atoms in total. The molecule has 1 aliphatic heterocycles. The molecule has 0 spiro atoms. The van der Waals surface area contributed by atoms with Gasteiger partial charge < -0.3 is 39.2 Å². The maximum Gasteiger partial charge on any atom is 0.510 e. The van der Waals surface area contributed by atoms with E-state index in [1.54, 1.807) is 0 Å². The van der Waals surface area contributed by atoms with Gasteiger partial charge in [0.1, 0.15) is 12.2 Å². The van der Waals surface area contributed by atoms with Crippen LogP contribution in [0.15, 0.2) is 11.1 Å². The first-order valence-electron chi connectivity index (χ1n) is 15.0. The molecule has 1 aliphatic rings. The van der Waals surface area contributed by atoms with Crippen LogP contribution in [-0.4, -0.2) is 100 Å². The Morgan fingerprint density at radius 2 is 1.85 bits per heavy atom. The van der Waals surface area contributed by atoms with Gasteiger partial charge in [-0.3, -0.25) is 18.9 Å². The Hall–Kier alpha value is -3.39. The van der Waals surface area contributed by atoms with Crippen molar-refractivity contribution in [2.45, 2.75) is 77.8 Å². The quantitative estimate of drug-likeness (QED) is 0.106. The lowest BCUT2D eigenvalue weighted by molar-refractivity contribution is -0.195. The summed E-state index contributed by atoms with van der Waals surface area (Å²) >= 11 is 0. The molecule has 4 atom stereocenters. The van der Waals surface area contributed by atoms with Crippen molar-refractivity contribution in [2.24, 2.45) is 5.92 Å². The van der Waals surface area contributed by atoms with Crippen LogP contribution in [-0.2, 0) is 41.8 Å². The molecule has 0 aliphatic carbocycles. The number of carbonyl (C=O) groups is 2. The number of phosphoric ester groups is 1. The fraction of sp³-hybridized carbons (Fsp3) is 0.720. The Labute approximate surface area is 265 Å². The lowest BCUT2D eigenvalue weighted by Crippen LogP contribution is -2.44. The molecule has 21 heteroatoms. The zero-order chi connectivity index (χ0) is 35.7. The highest BCUT2D eigenvalue weighted by atomic mass is 31.2. The van der Waals surface area contributed by atoms with Gasteiger partial charge >= 0.3 is 20.1 Å². The third kappa shape index (κ3) is 9.11. The number of aromatic nitrogens is 4. The summed E-state index contributed by atoms with van der Waals surface area (Å²) in [5.74, 6) is -4.63. The molecule has 1 fully saturated rings. The first-order valence-corrected chi connectivity index (χ1v) is 15.4. The normalized spacial score (nSPS) is 23.8. The van der Waals surface area contributed by atoms with Crippen molar-refractivity contribution in [2.75, 3.05) is 38.7 Å². The van der Waals surface area contributed by atoms with Crippen molar-refractivity contribution in [3.05, 3.63) is 16.7 Å². The maximum atomic E-state index is 16.9. The van der Waals surface area contributed by atoms with E-state index in [1.165, 1.54) is 34.6 Å². The maximum absolute atomic E-state index is 16.9. The number of nitrogens with zero attached hydrogens (tertiary/aromatic N) is 3. The monoisotopic (exact) mass is 687 g/mol. The predicted octanol–water partition coefficient (Wildman–Crippen LogP) is 2.69. The molecule has 260 valence electrons. The number of ether oxygens (including phenoxy) is 5. The zero-order valence-electron chi connectivity index (χ0n) is 27.8. The van der Waals surface area contributed by atoms with E-state index >= 15 is 4.39 Å². The summed E-state index contributed by atoms with van der Waals surface area (Å²) in [5.41, 5.74) is -3.12. The molecule has 46 heavy (non-hydrogen) atoms. The molecule has 0 radical (unpaired) electrons. The van der Waals surface area contributed by atoms with Gasteiger partial charge in [0.05, 0.1) is 24.5 Å². The van der Waals surface area contributed by atoms with E-state index in [-0.39, 0.29) is 37.0 Å². The molecule has 1 saturated heterocycles. The number of aliphatic hydroxyl groups excluding tert-OH is 1.